The Bertz CT molecular complexity index is 276. The summed E-state index contributed by atoms with van der Waals surface area (Å²) in [6.45, 7) is 0. The Morgan fingerprint density at radius 2 is 2.36 bits per heavy atom. The normalized spacial score (nSPS) is 26.6. The maximum atomic E-state index is 5.87. The van der Waals surface area contributed by atoms with Gasteiger partial charge in [0.05, 0.1) is 5.03 Å². The number of aromatic nitrogens is 1. The SMILES string of the molecule is N[C@H]1CC[C@@H](CSc2ccccn2)C1. The van der Waals surface area contributed by atoms with Crippen LogP contribution in [0.25, 0.3) is 0 Å². The van der Waals surface area contributed by atoms with Gasteiger partial charge in [0.2, 0.25) is 0 Å². The summed E-state index contributed by atoms with van der Waals surface area (Å²) in [5.74, 6) is 1.97. The van der Waals surface area contributed by atoms with Gasteiger partial charge in [-0.15, -0.1) is 11.8 Å². The van der Waals surface area contributed by atoms with E-state index in [1.807, 2.05) is 30.1 Å². The highest BCUT2D eigenvalue weighted by atomic mass is 32.2. The summed E-state index contributed by atoms with van der Waals surface area (Å²) in [5.41, 5.74) is 5.87. The van der Waals surface area contributed by atoms with Crippen molar-refractivity contribution in [2.45, 2.75) is 30.3 Å². The molecule has 0 aliphatic heterocycles. The predicted octanol–water partition coefficient (Wildman–Crippen LogP) is 2.30. The molecule has 0 bridgehead atoms. The summed E-state index contributed by atoms with van der Waals surface area (Å²) in [5, 5.41) is 1.13. The second-order valence-electron chi connectivity index (χ2n) is 3.92. The molecule has 76 valence electrons. The molecule has 2 rings (SSSR count). The largest absolute Gasteiger partial charge is 0.328 e. The van der Waals surface area contributed by atoms with Crippen molar-refractivity contribution in [1.29, 1.82) is 0 Å². The van der Waals surface area contributed by atoms with Crippen LogP contribution in [0.4, 0.5) is 0 Å². The second kappa shape index (κ2) is 4.80. The van der Waals surface area contributed by atoms with Gasteiger partial charge in [-0.2, -0.15) is 0 Å². The smallest absolute Gasteiger partial charge is 0.0959 e. The predicted molar refractivity (Wildman–Crippen MR) is 60.3 cm³/mol. The first kappa shape index (κ1) is 9.99. The molecule has 3 heteroatoms. The second-order valence-corrected chi connectivity index (χ2v) is 4.96. The van der Waals surface area contributed by atoms with E-state index in [4.69, 9.17) is 5.73 Å². The van der Waals surface area contributed by atoms with Crippen molar-refractivity contribution in [2.75, 3.05) is 5.75 Å². The van der Waals surface area contributed by atoms with Gasteiger partial charge >= 0.3 is 0 Å². The van der Waals surface area contributed by atoms with Crippen molar-refractivity contribution in [3.8, 4) is 0 Å². The Kier molecular flexibility index (Phi) is 3.43. The molecule has 2 atom stereocenters. The van der Waals surface area contributed by atoms with E-state index in [1.54, 1.807) is 0 Å². The maximum Gasteiger partial charge on any atom is 0.0959 e. The van der Waals surface area contributed by atoms with Crippen LogP contribution in [0.2, 0.25) is 0 Å². The minimum atomic E-state index is 0.448. The molecule has 1 saturated carbocycles. The van der Waals surface area contributed by atoms with Crippen molar-refractivity contribution in [3.63, 3.8) is 0 Å². The summed E-state index contributed by atoms with van der Waals surface area (Å²) in [6.07, 6.45) is 5.54. The third-order valence-electron chi connectivity index (χ3n) is 2.69. The lowest BCUT2D eigenvalue weighted by Gasteiger charge is -2.07. The Labute approximate surface area is 89.3 Å². The summed E-state index contributed by atoms with van der Waals surface area (Å²) in [4.78, 5) is 4.29. The Morgan fingerprint density at radius 3 is 3.00 bits per heavy atom. The number of rotatable bonds is 3. The zero-order valence-corrected chi connectivity index (χ0v) is 9.04. The molecule has 2 N–H and O–H groups in total. The highest BCUT2D eigenvalue weighted by Crippen LogP contribution is 2.29. The molecule has 14 heavy (non-hydrogen) atoms. The molecule has 1 aromatic heterocycles. The zero-order valence-electron chi connectivity index (χ0n) is 8.23. The summed E-state index contributed by atoms with van der Waals surface area (Å²) in [6, 6.07) is 6.51. The van der Waals surface area contributed by atoms with Crippen molar-refractivity contribution in [3.05, 3.63) is 24.4 Å². The molecule has 1 fully saturated rings. The Morgan fingerprint density at radius 1 is 1.43 bits per heavy atom. The van der Waals surface area contributed by atoms with Gasteiger partial charge in [-0.05, 0) is 37.3 Å². The van der Waals surface area contributed by atoms with Crippen molar-refractivity contribution >= 4 is 11.8 Å². The van der Waals surface area contributed by atoms with Gasteiger partial charge in [0, 0.05) is 18.0 Å². The molecular weight excluding hydrogens is 192 g/mol. The number of nitrogens with zero attached hydrogens (tertiary/aromatic N) is 1. The number of nitrogens with two attached hydrogens (primary N) is 1. The number of pyridine rings is 1. The van der Waals surface area contributed by atoms with Crippen LogP contribution in [0, 0.1) is 5.92 Å². The quantitative estimate of drug-likeness (QED) is 0.775. The molecular formula is C11H16N2S. The molecule has 0 spiro atoms. The van der Waals surface area contributed by atoms with Crippen molar-refractivity contribution in [1.82, 2.24) is 4.98 Å². The fraction of sp³-hybridized carbons (Fsp3) is 0.545. The van der Waals surface area contributed by atoms with E-state index in [9.17, 15) is 0 Å². The monoisotopic (exact) mass is 208 g/mol. The van der Waals surface area contributed by atoms with Crippen LogP contribution in [-0.4, -0.2) is 16.8 Å². The Balaban J connectivity index is 1.78. The first-order chi connectivity index (χ1) is 6.84. The van der Waals surface area contributed by atoms with E-state index >= 15 is 0 Å². The average molecular weight is 208 g/mol. The van der Waals surface area contributed by atoms with E-state index in [-0.39, 0.29) is 0 Å². The van der Waals surface area contributed by atoms with Gasteiger partial charge in [-0.1, -0.05) is 6.07 Å². The zero-order chi connectivity index (χ0) is 9.80. The van der Waals surface area contributed by atoms with E-state index in [0.29, 0.717) is 6.04 Å². The molecule has 0 aromatic carbocycles. The molecule has 1 aliphatic rings. The third kappa shape index (κ3) is 2.72. The van der Waals surface area contributed by atoms with Gasteiger partial charge in [0.15, 0.2) is 0 Å². The molecule has 0 saturated heterocycles. The first-order valence-electron chi connectivity index (χ1n) is 5.14. The molecule has 0 unspecified atom stereocenters. The van der Waals surface area contributed by atoms with Crippen LogP contribution in [0.1, 0.15) is 19.3 Å². The van der Waals surface area contributed by atoms with Crippen LogP contribution < -0.4 is 5.73 Å². The Hall–Kier alpha value is -0.540. The maximum absolute atomic E-state index is 5.87. The van der Waals surface area contributed by atoms with E-state index in [1.165, 1.54) is 25.0 Å². The fourth-order valence-electron chi connectivity index (χ4n) is 1.90. The molecule has 1 aliphatic carbocycles. The molecule has 2 nitrogen and oxygen atoms in total. The van der Waals surface area contributed by atoms with Crippen molar-refractivity contribution in [2.24, 2.45) is 11.7 Å². The van der Waals surface area contributed by atoms with Gasteiger partial charge in [-0.25, -0.2) is 4.98 Å². The minimum absolute atomic E-state index is 0.448. The van der Waals surface area contributed by atoms with Gasteiger partial charge < -0.3 is 5.73 Å². The molecule has 0 radical (unpaired) electrons. The lowest BCUT2D eigenvalue weighted by atomic mass is 10.1. The van der Waals surface area contributed by atoms with E-state index in [2.05, 4.69) is 11.1 Å². The van der Waals surface area contributed by atoms with Gasteiger partial charge in [-0.3, -0.25) is 0 Å². The lowest BCUT2D eigenvalue weighted by molar-refractivity contribution is 0.603. The standard InChI is InChI=1S/C11H16N2S/c12-10-5-4-9(7-10)8-14-11-3-1-2-6-13-11/h1-3,6,9-10H,4-5,7-8,12H2/t9-,10+/m1/s1. The topological polar surface area (TPSA) is 38.9 Å². The van der Waals surface area contributed by atoms with Crippen LogP contribution in [-0.2, 0) is 0 Å². The van der Waals surface area contributed by atoms with Crippen molar-refractivity contribution < 1.29 is 0 Å². The third-order valence-corrected chi connectivity index (χ3v) is 3.86. The highest BCUT2D eigenvalue weighted by Gasteiger charge is 2.21. The van der Waals surface area contributed by atoms with Crippen LogP contribution in [0.15, 0.2) is 29.4 Å². The summed E-state index contributed by atoms with van der Waals surface area (Å²) >= 11 is 1.85. The summed E-state index contributed by atoms with van der Waals surface area (Å²) in [7, 11) is 0. The average Bonchev–Trinajstić information content (AvgIpc) is 2.63. The highest BCUT2D eigenvalue weighted by molar-refractivity contribution is 7.99. The van der Waals surface area contributed by atoms with Crippen LogP contribution >= 0.6 is 11.8 Å². The minimum Gasteiger partial charge on any atom is -0.328 e. The molecule has 1 heterocycles. The number of hydrogen-bond donors (Lipinski definition) is 1. The van der Waals surface area contributed by atoms with E-state index in [0.717, 1.165) is 10.9 Å². The van der Waals surface area contributed by atoms with Crippen LogP contribution in [0.5, 0.6) is 0 Å². The number of hydrogen-bond acceptors (Lipinski definition) is 3. The first-order valence-corrected chi connectivity index (χ1v) is 6.12. The fourth-order valence-corrected chi connectivity index (χ4v) is 2.92. The molecule has 1 aromatic rings. The van der Waals surface area contributed by atoms with Gasteiger partial charge in [0.1, 0.15) is 0 Å². The van der Waals surface area contributed by atoms with Crippen LogP contribution in [0.3, 0.4) is 0 Å². The number of thioether (sulfide) groups is 1. The summed E-state index contributed by atoms with van der Waals surface area (Å²) < 4.78 is 0. The molecule has 0 amide bonds. The lowest BCUT2D eigenvalue weighted by Crippen LogP contribution is -2.15. The van der Waals surface area contributed by atoms with E-state index < -0.39 is 0 Å². The van der Waals surface area contributed by atoms with Gasteiger partial charge in [0.25, 0.3) is 0 Å².